The van der Waals surface area contributed by atoms with Crippen LogP contribution in [0.2, 0.25) is 0 Å². The number of nitro benzene ring substituents is 1. The molecule has 7 nitrogen and oxygen atoms in total. The molecule has 3 rings (SSSR count). The van der Waals surface area contributed by atoms with Crippen LogP contribution in [0.4, 0.5) is 11.4 Å². The predicted molar refractivity (Wildman–Crippen MR) is 103 cm³/mol. The smallest absolute Gasteiger partial charge is 0.296 e. The standard InChI is InChI=1S/C18H18N4O3S/c1-13(2)26(25)20-16-12-15(8-9-17(16)22(23)24)21-11-10-19-18(21)14-6-4-3-5-7-14/h3-13,20H,1-2H3. The number of nitro groups is 1. The van der Waals surface area contributed by atoms with Gasteiger partial charge in [0.1, 0.15) is 11.1 Å². The largest absolute Gasteiger partial charge is 0.593 e. The molecule has 2 aromatic carbocycles. The Kier molecular flexibility index (Phi) is 5.24. The van der Waals surface area contributed by atoms with Crippen LogP contribution in [0.15, 0.2) is 60.9 Å². The first-order valence-electron chi connectivity index (χ1n) is 8.02. The van der Waals surface area contributed by atoms with Crippen LogP contribution in [0, 0.1) is 10.1 Å². The fourth-order valence-corrected chi connectivity index (χ4v) is 3.07. The Balaban J connectivity index is 2.05. The van der Waals surface area contributed by atoms with E-state index in [1.54, 1.807) is 38.4 Å². The summed E-state index contributed by atoms with van der Waals surface area (Å²) in [6, 6.07) is 14.3. The summed E-state index contributed by atoms with van der Waals surface area (Å²) < 4.78 is 16.7. The number of anilines is 1. The Hall–Kier alpha value is -2.84. The molecule has 8 heteroatoms. The summed E-state index contributed by atoms with van der Waals surface area (Å²) in [4.78, 5) is 15.2. The molecule has 0 bridgehead atoms. The van der Waals surface area contributed by atoms with E-state index in [9.17, 15) is 14.7 Å². The molecule has 0 amide bonds. The zero-order chi connectivity index (χ0) is 18.7. The third-order valence-corrected chi connectivity index (χ3v) is 5.04. The Bertz CT molecular complexity index is 912. The lowest BCUT2D eigenvalue weighted by Crippen LogP contribution is -2.23. The molecule has 3 aromatic rings. The maximum atomic E-state index is 12.1. The second-order valence-electron chi connectivity index (χ2n) is 5.89. The van der Waals surface area contributed by atoms with Crippen LogP contribution in [-0.2, 0) is 11.4 Å². The van der Waals surface area contributed by atoms with Crippen molar-refractivity contribution in [3.8, 4) is 17.1 Å². The number of benzene rings is 2. The second-order valence-corrected chi connectivity index (χ2v) is 7.64. The van der Waals surface area contributed by atoms with Gasteiger partial charge in [0.05, 0.1) is 16.3 Å². The number of nitrogens with one attached hydrogen (secondary N) is 1. The van der Waals surface area contributed by atoms with E-state index in [1.165, 1.54) is 6.07 Å². The van der Waals surface area contributed by atoms with E-state index in [1.807, 2.05) is 34.9 Å². The zero-order valence-corrected chi connectivity index (χ0v) is 15.1. The van der Waals surface area contributed by atoms with Crippen LogP contribution >= 0.6 is 0 Å². The molecule has 1 heterocycles. The van der Waals surface area contributed by atoms with E-state index in [4.69, 9.17) is 0 Å². The van der Waals surface area contributed by atoms with Gasteiger partial charge < -0.3 is 4.55 Å². The van der Waals surface area contributed by atoms with Crippen molar-refractivity contribution in [2.75, 3.05) is 4.72 Å². The van der Waals surface area contributed by atoms with Gasteiger partial charge in [0.25, 0.3) is 5.69 Å². The van der Waals surface area contributed by atoms with Gasteiger partial charge in [-0.05, 0) is 26.0 Å². The van der Waals surface area contributed by atoms with Crippen molar-refractivity contribution >= 4 is 22.7 Å². The molecule has 134 valence electrons. The quantitative estimate of drug-likeness (QED) is 0.403. The molecule has 0 radical (unpaired) electrons. The van der Waals surface area contributed by atoms with Crippen molar-refractivity contribution in [2.24, 2.45) is 0 Å². The van der Waals surface area contributed by atoms with Gasteiger partial charge in [-0.1, -0.05) is 30.3 Å². The summed E-state index contributed by atoms with van der Waals surface area (Å²) in [5.41, 5.74) is 1.71. The van der Waals surface area contributed by atoms with Crippen LogP contribution < -0.4 is 4.72 Å². The highest BCUT2D eigenvalue weighted by atomic mass is 32.2. The highest BCUT2D eigenvalue weighted by Gasteiger charge is 2.21. The lowest BCUT2D eigenvalue weighted by Gasteiger charge is -2.16. The number of aromatic nitrogens is 2. The molecule has 0 saturated carbocycles. The van der Waals surface area contributed by atoms with E-state index in [2.05, 4.69) is 9.71 Å². The molecule has 1 atom stereocenters. The molecule has 0 aliphatic rings. The van der Waals surface area contributed by atoms with E-state index in [0.717, 1.165) is 11.4 Å². The Labute approximate surface area is 154 Å². The third-order valence-electron chi connectivity index (χ3n) is 3.77. The molecule has 0 aliphatic heterocycles. The predicted octanol–water partition coefficient (Wildman–Crippen LogP) is 3.93. The molecular formula is C18H18N4O3S. The van der Waals surface area contributed by atoms with Crippen LogP contribution in [0.1, 0.15) is 13.8 Å². The van der Waals surface area contributed by atoms with E-state index in [-0.39, 0.29) is 16.6 Å². The van der Waals surface area contributed by atoms with Crippen LogP contribution in [0.25, 0.3) is 17.1 Å². The minimum Gasteiger partial charge on any atom is -0.593 e. The summed E-state index contributed by atoms with van der Waals surface area (Å²) in [7, 11) is 0. The fraction of sp³-hybridized carbons (Fsp3) is 0.167. The van der Waals surface area contributed by atoms with Gasteiger partial charge in [-0.25, -0.2) is 9.71 Å². The maximum absolute atomic E-state index is 12.1. The van der Waals surface area contributed by atoms with Crippen molar-refractivity contribution in [2.45, 2.75) is 19.1 Å². The molecular weight excluding hydrogens is 352 g/mol. The van der Waals surface area contributed by atoms with Crippen LogP contribution in [0.3, 0.4) is 0 Å². The molecule has 1 unspecified atom stereocenters. The molecule has 0 spiro atoms. The van der Waals surface area contributed by atoms with Crippen molar-refractivity contribution in [1.82, 2.24) is 9.55 Å². The second kappa shape index (κ2) is 7.59. The third kappa shape index (κ3) is 3.71. The van der Waals surface area contributed by atoms with E-state index >= 15 is 0 Å². The first kappa shape index (κ1) is 18.0. The number of hydrogen-bond donors (Lipinski definition) is 1. The Morgan fingerprint density at radius 1 is 1.19 bits per heavy atom. The summed E-state index contributed by atoms with van der Waals surface area (Å²) >= 11 is -1.43. The van der Waals surface area contributed by atoms with Crippen LogP contribution in [-0.4, -0.2) is 24.3 Å². The lowest BCUT2D eigenvalue weighted by atomic mass is 10.2. The van der Waals surface area contributed by atoms with Gasteiger partial charge >= 0.3 is 0 Å². The molecule has 0 aliphatic carbocycles. The van der Waals surface area contributed by atoms with Gasteiger partial charge in [-0.2, -0.15) is 0 Å². The number of hydrogen-bond acceptors (Lipinski definition) is 5. The van der Waals surface area contributed by atoms with Crippen molar-refractivity contribution in [1.29, 1.82) is 0 Å². The topological polar surface area (TPSA) is 96.0 Å². The summed E-state index contributed by atoms with van der Waals surface area (Å²) in [6.45, 7) is 3.56. The highest BCUT2D eigenvalue weighted by Crippen LogP contribution is 2.30. The van der Waals surface area contributed by atoms with E-state index in [0.29, 0.717) is 5.69 Å². The van der Waals surface area contributed by atoms with Gasteiger partial charge in [-0.3, -0.25) is 14.7 Å². The first-order valence-corrected chi connectivity index (χ1v) is 9.23. The van der Waals surface area contributed by atoms with E-state index < -0.39 is 16.3 Å². The minimum atomic E-state index is -1.43. The summed E-state index contributed by atoms with van der Waals surface area (Å²) in [6.07, 6.45) is 3.45. The molecule has 26 heavy (non-hydrogen) atoms. The normalized spacial score (nSPS) is 12.2. The molecule has 0 fully saturated rings. The summed E-state index contributed by atoms with van der Waals surface area (Å²) in [5, 5.41) is 11.1. The molecule has 1 N–H and O–H groups in total. The number of imidazole rings is 1. The van der Waals surface area contributed by atoms with Gasteiger partial charge in [-0.15, -0.1) is 0 Å². The van der Waals surface area contributed by atoms with Gasteiger partial charge in [0, 0.05) is 29.7 Å². The number of rotatable bonds is 6. The van der Waals surface area contributed by atoms with Crippen LogP contribution in [0.5, 0.6) is 0 Å². The van der Waals surface area contributed by atoms with Crippen molar-refractivity contribution < 1.29 is 9.48 Å². The average Bonchev–Trinajstić information content (AvgIpc) is 3.11. The number of nitrogens with zero attached hydrogens (tertiary/aromatic N) is 3. The first-order chi connectivity index (χ1) is 12.5. The van der Waals surface area contributed by atoms with Gasteiger partial charge in [0.2, 0.25) is 0 Å². The van der Waals surface area contributed by atoms with Gasteiger partial charge in [0.15, 0.2) is 5.69 Å². The summed E-state index contributed by atoms with van der Waals surface area (Å²) in [5.74, 6) is 0.718. The Morgan fingerprint density at radius 3 is 2.58 bits per heavy atom. The maximum Gasteiger partial charge on any atom is 0.296 e. The highest BCUT2D eigenvalue weighted by molar-refractivity contribution is 7.93. The van der Waals surface area contributed by atoms with Crippen molar-refractivity contribution in [3.05, 3.63) is 71.0 Å². The fourth-order valence-electron chi connectivity index (χ4n) is 2.45. The SMILES string of the molecule is CC(C)[S+]([O-])Nc1cc(-n2ccnc2-c2ccccc2)ccc1[N+](=O)[O-]. The van der Waals surface area contributed by atoms with Crippen molar-refractivity contribution in [3.63, 3.8) is 0 Å². The molecule has 0 saturated heterocycles. The monoisotopic (exact) mass is 370 g/mol. The molecule has 1 aromatic heterocycles. The lowest BCUT2D eigenvalue weighted by molar-refractivity contribution is -0.383. The Morgan fingerprint density at radius 2 is 1.92 bits per heavy atom. The minimum absolute atomic E-state index is 0.121. The average molecular weight is 370 g/mol. The zero-order valence-electron chi connectivity index (χ0n) is 14.3.